The van der Waals surface area contributed by atoms with Crippen molar-refractivity contribution in [3.8, 4) is 0 Å². The molecule has 0 radical (unpaired) electrons. The summed E-state index contributed by atoms with van der Waals surface area (Å²) >= 11 is 6.20. The van der Waals surface area contributed by atoms with Crippen LogP contribution in [0, 0.1) is 19.7 Å². The first-order valence-corrected chi connectivity index (χ1v) is 9.06. The Morgan fingerprint density at radius 1 is 1.30 bits per heavy atom. The molecule has 1 amide bonds. The first-order valence-electron chi connectivity index (χ1n) is 8.69. The van der Waals surface area contributed by atoms with E-state index in [0.29, 0.717) is 29.5 Å². The normalized spacial score (nSPS) is 12.2. The highest BCUT2D eigenvalue weighted by Gasteiger charge is 2.23. The Labute approximate surface area is 161 Å². The minimum atomic E-state index is -0.482. The lowest BCUT2D eigenvalue weighted by atomic mass is 10.2. The zero-order valence-corrected chi connectivity index (χ0v) is 16.2. The van der Waals surface area contributed by atoms with Gasteiger partial charge in [0.1, 0.15) is 11.9 Å². The van der Waals surface area contributed by atoms with Crippen molar-refractivity contribution in [2.24, 2.45) is 0 Å². The zero-order valence-electron chi connectivity index (χ0n) is 15.4. The number of carbonyl (C=O) groups is 1. The zero-order chi connectivity index (χ0) is 19.6. The molecule has 8 heteroatoms. The molecule has 2 aromatic heterocycles. The molecule has 2 heterocycles. The molecule has 0 bridgehead atoms. The van der Waals surface area contributed by atoms with Gasteiger partial charge in [-0.2, -0.15) is 10.2 Å². The fourth-order valence-corrected chi connectivity index (χ4v) is 3.09. The van der Waals surface area contributed by atoms with Crippen LogP contribution in [0.25, 0.3) is 0 Å². The van der Waals surface area contributed by atoms with Crippen LogP contribution in [0.4, 0.5) is 10.2 Å². The summed E-state index contributed by atoms with van der Waals surface area (Å²) in [7, 11) is 0. The molecule has 0 saturated carbocycles. The number of aryl methyl sites for hydroxylation is 1. The van der Waals surface area contributed by atoms with Gasteiger partial charge in [-0.1, -0.05) is 30.7 Å². The third-order valence-electron chi connectivity index (χ3n) is 4.35. The van der Waals surface area contributed by atoms with Gasteiger partial charge in [0.2, 0.25) is 5.91 Å². The number of halogens is 2. The van der Waals surface area contributed by atoms with Crippen molar-refractivity contribution in [1.29, 1.82) is 0 Å². The van der Waals surface area contributed by atoms with Gasteiger partial charge in [0.15, 0.2) is 5.82 Å². The lowest BCUT2D eigenvalue weighted by molar-refractivity contribution is -0.119. The van der Waals surface area contributed by atoms with E-state index in [4.69, 9.17) is 11.6 Å². The molecule has 1 N–H and O–H groups in total. The van der Waals surface area contributed by atoms with Crippen LogP contribution < -0.4 is 5.32 Å². The van der Waals surface area contributed by atoms with Gasteiger partial charge in [-0.05, 0) is 38.0 Å². The van der Waals surface area contributed by atoms with Crippen LogP contribution in [-0.4, -0.2) is 25.5 Å². The highest BCUT2D eigenvalue weighted by atomic mass is 35.5. The Kier molecular flexibility index (Phi) is 5.60. The van der Waals surface area contributed by atoms with Gasteiger partial charge < -0.3 is 5.32 Å². The van der Waals surface area contributed by atoms with Gasteiger partial charge in [0.25, 0.3) is 0 Å². The number of aromatic nitrogens is 4. The van der Waals surface area contributed by atoms with Crippen LogP contribution in [0.5, 0.6) is 0 Å². The number of amides is 1. The number of nitrogens with zero attached hydrogens (tertiary/aromatic N) is 4. The summed E-state index contributed by atoms with van der Waals surface area (Å²) in [6, 6.07) is 7.56. The minimum Gasteiger partial charge on any atom is -0.307 e. The first-order chi connectivity index (χ1) is 12.9. The number of nitrogens with one attached hydrogen (secondary N) is 1. The highest BCUT2D eigenvalue weighted by Crippen LogP contribution is 2.24. The summed E-state index contributed by atoms with van der Waals surface area (Å²) in [6.45, 7) is 5.98. The SMILES string of the molecule is CCC(C(=O)Nc1ccn(Cc2cccc(F)c2)n1)n1nc(C)c(Cl)c1C. The highest BCUT2D eigenvalue weighted by molar-refractivity contribution is 6.31. The molecule has 0 aliphatic rings. The third-order valence-corrected chi connectivity index (χ3v) is 4.89. The van der Waals surface area contributed by atoms with Crippen LogP contribution in [0.3, 0.4) is 0 Å². The second-order valence-electron chi connectivity index (χ2n) is 6.37. The number of rotatable bonds is 6. The molecular weight excluding hydrogens is 369 g/mol. The van der Waals surface area contributed by atoms with Crippen LogP contribution >= 0.6 is 11.6 Å². The number of benzene rings is 1. The van der Waals surface area contributed by atoms with E-state index in [0.717, 1.165) is 11.3 Å². The van der Waals surface area contributed by atoms with Gasteiger partial charge in [-0.25, -0.2) is 4.39 Å². The lowest BCUT2D eigenvalue weighted by Crippen LogP contribution is -2.27. The number of hydrogen-bond acceptors (Lipinski definition) is 3. The Bertz CT molecular complexity index is 965. The molecule has 27 heavy (non-hydrogen) atoms. The van der Waals surface area contributed by atoms with Crippen molar-refractivity contribution in [3.63, 3.8) is 0 Å². The van der Waals surface area contributed by atoms with Crippen molar-refractivity contribution < 1.29 is 9.18 Å². The van der Waals surface area contributed by atoms with E-state index in [2.05, 4.69) is 15.5 Å². The van der Waals surface area contributed by atoms with Crippen LogP contribution in [0.1, 0.15) is 36.3 Å². The van der Waals surface area contributed by atoms with Crippen LogP contribution in [-0.2, 0) is 11.3 Å². The molecule has 6 nitrogen and oxygen atoms in total. The molecule has 1 unspecified atom stereocenters. The summed E-state index contributed by atoms with van der Waals surface area (Å²) < 4.78 is 16.6. The maximum Gasteiger partial charge on any atom is 0.250 e. The maximum atomic E-state index is 13.3. The van der Waals surface area contributed by atoms with Gasteiger partial charge >= 0.3 is 0 Å². The van der Waals surface area contributed by atoms with Crippen molar-refractivity contribution in [2.45, 2.75) is 39.8 Å². The number of anilines is 1. The van der Waals surface area contributed by atoms with Crippen molar-refractivity contribution >= 4 is 23.3 Å². The van der Waals surface area contributed by atoms with E-state index in [1.165, 1.54) is 12.1 Å². The predicted molar refractivity (Wildman–Crippen MR) is 102 cm³/mol. The molecule has 0 aliphatic heterocycles. The molecule has 3 aromatic rings. The van der Waals surface area contributed by atoms with E-state index < -0.39 is 6.04 Å². The average Bonchev–Trinajstić information content (AvgIpc) is 3.16. The molecule has 1 atom stereocenters. The topological polar surface area (TPSA) is 64.7 Å². The minimum absolute atomic E-state index is 0.212. The maximum absolute atomic E-state index is 13.3. The molecular formula is C19H21ClFN5O. The van der Waals surface area contributed by atoms with Crippen LogP contribution in [0.2, 0.25) is 5.02 Å². The monoisotopic (exact) mass is 389 g/mol. The average molecular weight is 390 g/mol. The standard InChI is InChI=1S/C19H21ClFN5O/c1-4-16(26-13(3)18(20)12(2)23-26)19(27)22-17-8-9-25(24-17)11-14-6-5-7-15(21)10-14/h5-10,16H,4,11H2,1-3H3,(H,22,24,27). The van der Waals surface area contributed by atoms with Gasteiger partial charge in [-0.15, -0.1) is 0 Å². The largest absolute Gasteiger partial charge is 0.307 e. The Hall–Kier alpha value is -2.67. The third kappa shape index (κ3) is 4.19. The molecule has 1 aromatic carbocycles. The second-order valence-corrected chi connectivity index (χ2v) is 6.75. The molecule has 0 aliphatic carbocycles. The summed E-state index contributed by atoms with van der Waals surface area (Å²) in [6.07, 6.45) is 2.30. The van der Waals surface area contributed by atoms with Gasteiger partial charge in [0, 0.05) is 12.3 Å². The number of carbonyl (C=O) groups excluding carboxylic acids is 1. The molecule has 0 spiro atoms. The fourth-order valence-electron chi connectivity index (χ4n) is 2.96. The Morgan fingerprint density at radius 3 is 2.70 bits per heavy atom. The van der Waals surface area contributed by atoms with E-state index >= 15 is 0 Å². The summed E-state index contributed by atoms with van der Waals surface area (Å²) in [5.74, 6) is -0.0687. The van der Waals surface area contributed by atoms with E-state index in [1.54, 1.807) is 27.7 Å². The Balaban J connectivity index is 1.72. The van der Waals surface area contributed by atoms with Crippen LogP contribution in [0.15, 0.2) is 36.5 Å². The first kappa shape index (κ1) is 19.1. The van der Waals surface area contributed by atoms with Crippen molar-refractivity contribution in [2.75, 3.05) is 5.32 Å². The summed E-state index contributed by atoms with van der Waals surface area (Å²) in [4.78, 5) is 12.7. The summed E-state index contributed by atoms with van der Waals surface area (Å²) in [5, 5.41) is 12.1. The van der Waals surface area contributed by atoms with Gasteiger partial charge in [-0.3, -0.25) is 14.2 Å². The smallest absolute Gasteiger partial charge is 0.250 e. The molecule has 0 fully saturated rings. The fraction of sp³-hybridized carbons (Fsp3) is 0.316. The predicted octanol–water partition coefficient (Wildman–Crippen LogP) is 4.13. The van der Waals surface area contributed by atoms with E-state index in [1.807, 2.05) is 26.8 Å². The molecule has 0 saturated heterocycles. The second kappa shape index (κ2) is 7.92. The quantitative estimate of drug-likeness (QED) is 0.689. The summed E-state index contributed by atoms with van der Waals surface area (Å²) in [5.41, 5.74) is 2.24. The van der Waals surface area contributed by atoms with Crippen molar-refractivity contribution in [1.82, 2.24) is 19.6 Å². The molecule has 3 rings (SSSR count). The van der Waals surface area contributed by atoms with Gasteiger partial charge in [0.05, 0.1) is 23.0 Å². The Morgan fingerprint density at radius 2 is 2.07 bits per heavy atom. The number of hydrogen-bond donors (Lipinski definition) is 1. The van der Waals surface area contributed by atoms with Crippen molar-refractivity contribution in [3.05, 3.63) is 64.3 Å². The van der Waals surface area contributed by atoms with E-state index in [9.17, 15) is 9.18 Å². The molecule has 142 valence electrons. The van der Waals surface area contributed by atoms with E-state index in [-0.39, 0.29) is 11.7 Å². The lowest BCUT2D eigenvalue weighted by Gasteiger charge is -2.16.